The highest BCUT2D eigenvalue weighted by Gasteiger charge is 2.29. The van der Waals surface area contributed by atoms with Crippen LogP contribution in [0.1, 0.15) is 143 Å². The van der Waals surface area contributed by atoms with Gasteiger partial charge in [-0.15, -0.1) is 0 Å². The minimum Gasteiger partial charge on any atom is -0.487 e. The number of halogens is 3. The van der Waals surface area contributed by atoms with Gasteiger partial charge in [0.05, 0.1) is 114 Å². The average molecular weight is 1910 g/mol. The van der Waals surface area contributed by atoms with Crippen molar-refractivity contribution < 1.29 is 70.1 Å². The second-order valence-corrected chi connectivity index (χ2v) is 31.7. The van der Waals surface area contributed by atoms with Crippen molar-refractivity contribution in [3.8, 4) is 109 Å². The van der Waals surface area contributed by atoms with Crippen LogP contribution in [0.15, 0.2) is 228 Å². The van der Waals surface area contributed by atoms with Crippen molar-refractivity contribution in [1.82, 2.24) is 104 Å². The van der Waals surface area contributed by atoms with Gasteiger partial charge in [-0.05, 0) is 152 Å². The van der Waals surface area contributed by atoms with E-state index in [1.807, 2.05) is 131 Å². The maximum atomic E-state index is 12.5. The van der Waals surface area contributed by atoms with Crippen molar-refractivity contribution in [2.75, 3.05) is 60.8 Å². The summed E-state index contributed by atoms with van der Waals surface area (Å²) in [6, 6.07) is 37.1. The van der Waals surface area contributed by atoms with Gasteiger partial charge in [-0.2, -0.15) is 38.7 Å². The number of aromatic nitrogens is 20. The van der Waals surface area contributed by atoms with Gasteiger partial charge in [0.15, 0.2) is 12.6 Å². The lowest BCUT2D eigenvalue weighted by Crippen LogP contribution is -2.33. The van der Waals surface area contributed by atoms with Crippen LogP contribution < -0.4 is 42.6 Å². The third kappa shape index (κ3) is 28.6. The number of ether oxygens (including phenoxy) is 10. The van der Waals surface area contributed by atoms with Crippen molar-refractivity contribution in [3.63, 3.8) is 0 Å². The van der Waals surface area contributed by atoms with E-state index in [1.54, 1.807) is 125 Å². The molecular weight excluding hydrogens is 1790 g/mol. The molecule has 1 aliphatic heterocycles. The van der Waals surface area contributed by atoms with Crippen LogP contribution in [-0.2, 0) is 64.0 Å². The number of piperidine rings is 1. The van der Waals surface area contributed by atoms with E-state index in [0.717, 1.165) is 159 Å². The quantitative estimate of drug-likeness (QED) is 0.0254. The van der Waals surface area contributed by atoms with Crippen LogP contribution in [-0.4, -0.2) is 183 Å². The Hall–Kier alpha value is -16.0. The minimum atomic E-state index is -4.35. The van der Waals surface area contributed by atoms with E-state index < -0.39 is 12.7 Å². The van der Waals surface area contributed by atoms with Crippen molar-refractivity contribution in [1.29, 1.82) is 0 Å². The second-order valence-electron chi connectivity index (χ2n) is 31.7. The van der Waals surface area contributed by atoms with Gasteiger partial charge < -0.3 is 47.4 Å². The Labute approximate surface area is 810 Å². The van der Waals surface area contributed by atoms with Crippen LogP contribution in [0.3, 0.4) is 0 Å². The number of carbonyl (C=O) groups is 2. The lowest BCUT2D eigenvalue weighted by molar-refractivity contribution is -0.142. The highest BCUT2D eigenvalue weighted by molar-refractivity contribution is 5.80. The Morgan fingerprint density at radius 1 is 0.436 bits per heavy atom. The van der Waals surface area contributed by atoms with Gasteiger partial charge in [0, 0.05) is 164 Å². The Bertz CT molecular complexity index is 6550. The van der Waals surface area contributed by atoms with E-state index >= 15 is 0 Å². The molecule has 0 aliphatic carbocycles. The van der Waals surface area contributed by atoms with Crippen molar-refractivity contribution in [2.24, 2.45) is 0 Å². The van der Waals surface area contributed by atoms with Gasteiger partial charge in [0.2, 0.25) is 23.5 Å². The number of nitrogens with zero attached hydrogens (tertiary/aromatic N) is 21. The average Bonchev–Trinajstić information content (AvgIpc) is 1.62. The van der Waals surface area contributed by atoms with Gasteiger partial charge in [-0.3, -0.25) is 62.8 Å². The highest BCUT2D eigenvalue weighted by Crippen LogP contribution is 2.35. The number of pyridine rings is 10. The molecule has 0 atom stereocenters. The summed E-state index contributed by atoms with van der Waals surface area (Å²) >= 11 is 0. The molecule has 728 valence electrons. The summed E-state index contributed by atoms with van der Waals surface area (Å²) in [5.41, 5.74) is 17.6. The van der Waals surface area contributed by atoms with Gasteiger partial charge in [0.25, 0.3) is 0 Å². The fraction of sp³-hybridized carbons (Fsp3) is 0.298. The van der Waals surface area contributed by atoms with Crippen LogP contribution in [0.5, 0.6) is 52.3 Å². The molecule has 16 heterocycles. The summed E-state index contributed by atoms with van der Waals surface area (Å²) in [7, 11) is 4.68. The summed E-state index contributed by atoms with van der Waals surface area (Å²) in [4.78, 5) is 69.2. The molecule has 36 heteroatoms. The Morgan fingerprint density at radius 3 is 1.37 bits per heavy atom. The van der Waals surface area contributed by atoms with Crippen LogP contribution >= 0.6 is 0 Å². The van der Waals surface area contributed by atoms with Crippen LogP contribution in [0.4, 0.5) is 13.2 Å². The fourth-order valence-electron chi connectivity index (χ4n) is 14.7. The summed E-state index contributed by atoms with van der Waals surface area (Å²) in [6.45, 7) is 32.8. The van der Waals surface area contributed by atoms with Crippen LogP contribution in [0.2, 0.25) is 0 Å². The lowest BCUT2D eigenvalue weighted by atomic mass is 10.1. The van der Waals surface area contributed by atoms with Crippen LogP contribution in [0.25, 0.3) is 75.2 Å². The molecule has 1 aliphatic rings. The molecule has 0 bridgehead atoms. The van der Waals surface area contributed by atoms with Crippen molar-refractivity contribution in [3.05, 3.63) is 295 Å². The van der Waals surface area contributed by atoms with Crippen molar-refractivity contribution in [2.45, 2.75) is 146 Å². The second kappa shape index (κ2) is 52.4. The zero-order valence-electron chi connectivity index (χ0n) is 80.1. The molecule has 16 rings (SSSR count). The number of methoxy groups -OCH3 is 3. The van der Waals surface area contributed by atoms with Gasteiger partial charge >= 0.3 is 6.18 Å². The molecule has 0 N–H and O–H groups in total. The molecule has 15 aromatic heterocycles. The summed E-state index contributed by atoms with van der Waals surface area (Å²) in [6.07, 6.45) is 30.3. The molecule has 0 saturated carbocycles. The van der Waals surface area contributed by atoms with E-state index in [9.17, 15) is 22.8 Å². The largest absolute Gasteiger partial charge is 0.487 e. The summed E-state index contributed by atoms with van der Waals surface area (Å²) in [5.74, 6) is 4.40. The molecular formula is C104H114F3N21O12. The molecule has 0 spiro atoms. The zero-order chi connectivity index (χ0) is 99.1. The first-order valence-corrected chi connectivity index (χ1v) is 45.6. The number of alkyl halides is 3. The molecule has 15 aromatic rings. The molecule has 0 amide bonds. The third-order valence-electron chi connectivity index (χ3n) is 21.7. The number of likely N-dealkylation sites (tertiary alicyclic amines) is 1. The highest BCUT2D eigenvalue weighted by atomic mass is 19.4. The van der Waals surface area contributed by atoms with E-state index in [1.165, 1.54) is 51.0 Å². The number of aryl methyl sites for hydroxylation is 5. The molecule has 1 fully saturated rings. The molecule has 1 saturated heterocycles. The first-order valence-electron chi connectivity index (χ1n) is 45.6. The number of carbonyl (C=O) groups excluding carboxylic acids is 2. The Balaban J connectivity index is 0.000000157. The summed E-state index contributed by atoms with van der Waals surface area (Å²) < 4.78 is 102. The van der Waals surface area contributed by atoms with Gasteiger partial charge in [-0.25, -0.2) is 24.9 Å². The minimum absolute atomic E-state index is 0.129. The number of aldehydes is 2. The lowest BCUT2D eigenvalue weighted by Gasteiger charge is -2.26. The maximum Gasteiger partial charge on any atom is 0.408 e. The topological polar surface area (TPSA) is 348 Å². The summed E-state index contributed by atoms with van der Waals surface area (Å²) in [5, 5.41) is 21.5. The van der Waals surface area contributed by atoms with E-state index in [2.05, 4.69) is 128 Å². The SMILES string of the molecule is C=Cc1cc(OC)ncc1OCc1cccnc1-c1c(C)cnn1CC.C=Cc1cc(OC)ncc1OCc1cccnc1-c1ccn(CC(F)(F)F)n1.C=Cc1nc(C)ccc1OCc1cccnc1-c1ccnn1CCC.CC(C)n1nccc1-c1ncccc1COc1cnc(OCCN2CCCCC2)cc1C=O.CCn1nccc1-c1ncccc1COc1cnc(OCCOC)cc1C=O. The monoisotopic (exact) mass is 1910 g/mol. The van der Waals surface area contributed by atoms with E-state index in [4.69, 9.17) is 47.4 Å². The molecule has 0 aromatic carbocycles. The Kier molecular flexibility index (Phi) is 38.5. The molecule has 33 nitrogen and oxygen atoms in total. The smallest absolute Gasteiger partial charge is 0.408 e. The number of hydrogen-bond acceptors (Lipinski definition) is 28. The molecule has 140 heavy (non-hydrogen) atoms. The third-order valence-corrected chi connectivity index (χ3v) is 21.7. The van der Waals surface area contributed by atoms with Gasteiger partial charge in [-0.1, -0.05) is 75.6 Å². The first kappa shape index (κ1) is 103. The van der Waals surface area contributed by atoms with E-state index in [-0.39, 0.29) is 25.9 Å². The predicted octanol–water partition coefficient (Wildman–Crippen LogP) is 19.3. The predicted molar refractivity (Wildman–Crippen MR) is 525 cm³/mol. The fourth-order valence-corrected chi connectivity index (χ4v) is 14.7. The molecule has 0 radical (unpaired) electrons. The number of rotatable bonds is 41. The zero-order valence-corrected chi connectivity index (χ0v) is 80.1. The van der Waals surface area contributed by atoms with Crippen molar-refractivity contribution >= 4 is 30.8 Å². The maximum absolute atomic E-state index is 12.5. The Morgan fingerprint density at radius 2 is 0.886 bits per heavy atom. The van der Waals surface area contributed by atoms with E-state index in [0.29, 0.717) is 113 Å². The first-order chi connectivity index (χ1) is 68.2. The van der Waals surface area contributed by atoms with Crippen LogP contribution in [0, 0.1) is 13.8 Å². The molecule has 0 unspecified atom stereocenters. The number of hydrogen-bond donors (Lipinski definition) is 0. The standard InChI is InChI=1S/C25H31N5O3.C20H22N4O4.C20H22N4O2.C20H22N4O.C19H17F3N4O2/c1-19(2)30-22(8-10-28-30)25-20(7-6-9-26-25)18-33-23-16-27-24(15-21(23)17-31)32-14-13-29-11-4-3-5-12-29;1-3-24-17(6-8-23-24)20-15(5-4-7-21-20)14-28-18-12-22-19(11-16(18)13-25)27-10-9-26-2;1-5-15-10-18(25-4)22-12-17(15)26-13-16-8-7-9-21-19(16)20-14(3)11-23-24(20)6-2;1-4-13-24-18(10-12-22-24)20-16(7-6-11-21-20)14-25-19-9-8-15(3)23-17(19)5-2;1-3-13-9-17(27-2)24-10-16(13)28-11-14-5-4-7-23-18(14)15-6-8-26(25-15)12-19(20,21)22/h6-10,15-17,19H,3-5,11-14,18H2,1-2H3;4-8,11-13H,3,9-10,14H2,1-2H3;5,7-12H,1,6,13H2,2-4H3;5-12H,2,4,13-14H2,1,3H3;3-10H,1,11-12H2,2H3. The van der Waals surface area contributed by atoms with Gasteiger partial charge in [0.1, 0.15) is 92.9 Å². The normalized spacial score (nSPS) is 11.6.